The second-order valence-corrected chi connectivity index (χ2v) is 11.0. The number of thiophene rings is 1. The number of methoxy groups -OCH3 is 1. The lowest BCUT2D eigenvalue weighted by Gasteiger charge is -2.18. The number of carbonyl (C=O) groups is 1. The third-order valence-corrected chi connectivity index (χ3v) is 8.04. The predicted molar refractivity (Wildman–Crippen MR) is 167 cm³/mol. The molecule has 0 aliphatic carbocycles. The first-order chi connectivity index (χ1) is 21.0. The summed E-state index contributed by atoms with van der Waals surface area (Å²) in [6.45, 7) is 4.96. The van der Waals surface area contributed by atoms with E-state index in [9.17, 15) is 4.79 Å². The summed E-state index contributed by atoms with van der Waals surface area (Å²) < 4.78 is 13.4. The monoisotopic (exact) mass is 593 g/mol. The van der Waals surface area contributed by atoms with Crippen molar-refractivity contribution in [2.45, 2.75) is 33.4 Å². The minimum Gasteiger partial charge on any atom is -0.497 e. The van der Waals surface area contributed by atoms with Gasteiger partial charge in [0.1, 0.15) is 22.3 Å². The van der Waals surface area contributed by atoms with E-state index < -0.39 is 0 Å². The summed E-state index contributed by atoms with van der Waals surface area (Å²) in [5.74, 6) is 2.11. The molecule has 6 rings (SSSR count). The number of anilines is 2. The van der Waals surface area contributed by atoms with E-state index in [0.29, 0.717) is 32.1 Å². The molecule has 11 heteroatoms. The molecule has 218 valence electrons. The van der Waals surface area contributed by atoms with Crippen LogP contribution in [0.2, 0.25) is 0 Å². The number of amides is 1. The van der Waals surface area contributed by atoms with E-state index in [1.165, 1.54) is 6.92 Å². The second-order valence-electron chi connectivity index (χ2n) is 10.1. The van der Waals surface area contributed by atoms with Crippen molar-refractivity contribution in [2.24, 2.45) is 5.10 Å². The zero-order valence-corrected chi connectivity index (χ0v) is 25.0. The Kier molecular flexibility index (Phi) is 8.25. The number of rotatable bonds is 10. The van der Waals surface area contributed by atoms with E-state index in [2.05, 4.69) is 30.4 Å². The summed E-state index contributed by atoms with van der Waals surface area (Å²) in [5, 5.41) is 22.1. The largest absolute Gasteiger partial charge is 0.497 e. The van der Waals surface area contributed by atoms with Gasteiger partial charge in [-0.15, -0.1) is 21.5 Å². The minimum absolute atomic E-state index is 0.118. The van der Waals surface area contributed by atoms with E-state index in [1.807, 2.05) is 78.8 Å². The Morgan fingerprint density at radius 1 is 1.02 bits per heavy atom. The summed E-state index contributed by atoms with van der Waals surface area (Å²) in [6.07, 6.45) is 4.28. The number of carbonyl (C=O) groups excluding carboxylic acids is 1. The molecular formula is C32H31N7O3S. The number of aryl methyl sites for hydroxylation is 1. The molecular weight excluding hydrogens is 562 g/mol. The number of nitrogens with zero attached hydrogens (tertiary/aromatic N) is 6. The molecule has 0 atom stereocenters. The summed E-state index contributed by atoms with van der Waals surface area (Å²) in [4.78, 5) is 15.9. The number of benzene rings is 2. The Morgan fingerprint density at radius 2 is 1.84 bits per heavy atom. The maximum atomic E-state index is 11.6. The first kappa shape index (κ1) is 28.3. The van der Waals surface area contributed by atoms with Crippen LogP contribution in [0.25, 0.3) is 5.00 Å². The highest BCUT2D eigenvalue weighted by Crippen LogP contribution is 2.37. The SMILES string of the molecule is COc1ccc(COCCc2csc3c2C(c2ccc(NC(C)=O)cc2)=NN(Cc2cccnc2)c2nnc(C)n2-3)cc1. The van der Waals surface area contributed by atoms with Crippen molar-refractivity contribution in [3.63, 3.8) is 0 Å². The van der Waals surface area contributed by atoms with Crippen molar-refractivity contribution >= 4 is 34.6 Å². The lowest BCUT2D eigenvalue weighted by Crippen LogP contribution is -2.21. The van der Waals surface area contributed by atoms with Gasteiger partial charge in [0.05, 0.1) is 26.9 Å². The molecule has 0 unspecified atom stereocenters. The van der Waals surface area contributed by atoms with Gasteiger partial charge in [-0.05, 0) is 65.7 Å². The summed E-state index contributed by atoms with van der Waals surface area (Å²) in [6, 6.07) is 19.6. The first-order valence-corrected chi connectivity index (χ1v) is 14.7. The highest BCUT2D eigenvalue weighted by Gasteiger charge is 2.30. The fourth-order valence-corrected chi connectivity index (χ4v) is 6.09. The third-order valence-electron chi connectivity index (χ3n) is 7.02. The first-order valence-electron chi connectivity index (χ1n) is 13.9. The number of hydrogen-bond acceptors (Lipinski definition) is 9. The molecule has 10 nitrogen and oxygen atoms in total. The smallest absolute Gasteiger partial charge is 0.253 e. The van der Waals surface area contributed by atoms with Crippen LogP contribution in [0.5, 0.6) is 5.75 Å². The van der Waals surface area contributed by atoms with Crippen LogP contribution in [0, 0.1) is 6.92 Å². The summed E-state index contributed by atoms with van der Waals surface area (Å²) >= 11 is 1.64. The van der Waals surface area contributed by atoms with Crippen LogP contribution in [0.3, 0.4) is 0 Å². The van der Waals surface area contributed by atoms with Crippen LogP contribution < -0.4 is 15.1 Å². The van der Waals surface area contributed by atoms with Gasteiger partial charge in [0.25, 0.3) is 5.95 Å². The number of ether oxygens (including phenoxy) is 2. The predicted octanol–water partition coefficient (Wildman–Crippen LogP) is 5.53. The second kappa shape index (κ2) is 12.6. The van der Waals surface area contributed by atoms with Crippen molar-refractivity contribution in [1.82, 2.24) is 19.7 Å². The van der Waals surface area contributed by atoms with Crippen molar-refractivity contribution in [3.05, 3.63) is 112 Å². The van der Waals surface area contributed by atoms with Crippen LogP contribution in [-0.4, -0.2) is 45.1 Å². The Balaban J connectivity index is 1.36. The van der Waals surface area contributed by atoms with Gasteiger partial charge in [-0.3, -0.25) is 14.3 Å². The molecule has 0 saturated heterocycles. The summed E-state index contributed by atoms with van der Waals surface area (Å²) in [5.41, 5.74) is 6.68. The van der Waals surface area contributed by atoms with E-state index in [1.54, 1.807) is 24.6 Å². The van der Waals surface area contributed by atoms with E-state index in [0.717, 1.165) is 55.8 Å². The van der Waals surface area contributed by atoms with Gasteiger partial charge in [-0.25, -0.2) is 5.01 Å². The average Bonchev–Trinajstić information content (AvgIpc) is 3.57. The molecule has 0 spiro atoms. The van der Waals surface area contributed by atoms with E-state index in [-0.39, 0.29) is 5.91 Å². The lowest BCUT2D eigenvalue weighted by molar-refractivity contribution is -0.114. The summed E-state index contributed by atoms with van der Waals surface area (Å²) in [7, 11) is 1.66. The highest BCUT2D eigenvalue weighted by molar-refractivity contribution is 7.13. The number of aromatic nitrogens is 4. The molecule has 0 saturated carbocycles. The quantitative estimate of drug-likeness (QED) is 0.212. The molecule has 3 aromatic heterocycles. The van der Waals surface area contributed by atoms with Crippen LogP contribution in [0.15, 0.2) is 83.5 Å². The Bertz CT molecular complexity index is 1750. The third kappa shape index (κ3) is 6.18. The van der Waals surface area contributed by atoms with Crippen LogP contribution in [0.4, 0.5) is 11.6 Å². The van der Waals surface area contributed by atoms with Crippen LogP contribution in [-0.2, 0) is 29.1 Å². The van der Waals surface area contributed by atoms with Crippen molar-refractivity contribution in [3.8, 4) is 10.8 Å². The fraction of sp³-hybridized carbons (Fsp3) is 0.219. The molecule has 0 bridgehead atoms. The van der Waals surface area contributed by atoms with Crippen LogP contribution >= 0.6 is 11.3 Å². The molecule has 0 radical (unpaired) electrons. The standard InChI is InChI=1S/C32H31N7O3S/c1-21-35-36-32-38(18-24-5-4-15-33-17-24)37-30(25-8-10-27(11-9-25)34-22(2)40)29-26(20-43-31(29)39(21)32)14-16-42-19-23-6-12-28(41-3)13-7-23/h4-13,15,17,20H,14,16,18-19H2,1-3H3,(H,34,40). The number of nitrogens with one attached hydrogen (secondary N) is 1. The minimum atomic E-state index is -0.118. The molecule has 0 fully saturated rings. The van der Waals surface area contributed by atoms with Crippen molar-refractivity contribution in [2.75, 3.05) is 24.0 Å². The normalized spacial score (nSPS) is 12.3. The van der Waals surface area contributed by atoms with Crippen molar-refractivity contribution < 1.29 is 14.3 Å². The van der Waals surface area contributed by atoms with Gasteiger partial charge >= 0.3 is 0 Å². The number of fused-ring (bicyclic) bond motifs is 3. The van der Waals surface area contributed by atoms with Crippen LogP contribution in [0.1, 0.15) is 40.6 Å². The zero-order valence-electron chi connectivity index (χ0n) is 24.2. The molecule has 5 aromatic rings. The molecule has 4 heterocycles. The molecule has 2 aromatic carbocycles. The maximum absolute atomic E-state index is 11.6. The Hall–Kier alpha value is -4.87. The topological polar surface area (TPSA) is 107 Å². The van der Waals surface area contributed by atoms with E-state index in [4.69, 9.17) is 14.6 Å². The number of hydrazone groups is 1. The molecule has 1 amide bonds. The molecule has 1 aliphatic rings. The lowest BCUT2D eigenvalue weighted by atomic mass is 9.99. The van der Waals surface area contributed by atoms with Gasteiger partial charge < -0.3 is 14.8 Å². The average molecular weight is 594 g/mol. The van der Waals surface area contributed by atoms with Gasteiger partial charge in [0.15, 0.2) is 0 Å². The van der Waals surface area contributed by atoms with E-state index >= 15 is 0 Å². The van der Waals surface area contributed by atoms with Gasteiger partial charge in [-0.1, -0.05) is 30.3 Å². The number of hydrogen-bond donors (Lipinski definition) is 1. The van der Waals surface area contributed by atoms with Gasteiger partial charge in [-0.2, -0.15) is 5.10 Å². The number of pyridine rings is 1. The zero-order chi connectivity index (χ0) is 29.8. The molecule has 1 aliphatic heterocycles. The Morgan fingerprint density at radius 3 is 2.56 bits per heavy atom. The highest BCUT2D eigenvalue weighted by atomic mass is 32.1. The van der Waals surface area contributed by atoms with Crippen molar-refractivity contribution in [1.29, 1.82) is 0 Å². The molecule has 43 heavy (non-hydrogen) atoms. The molecule has 1 N–H and O–H groups in total. The fourth-order valence-electron chi connectivity index (χ4n) is 4.94. The van der Waals surface area contributed by atoms with Gasteiger partial charge in [0.2, 0.25) is 5.91 Å². The van der Waals surface area contributed by atoms with Gasteiger partial charge in [0, 0.05) is 36.1 Å². The maximum Gasteiger partial charge on any atom is 0.253 e. The Labute approximate surface area is 253 Å².